The van der Waals surface area contributed by atoms with E-state index in [0.29, 0.717) is 10.2 Å². The standard InChI is InChI=1S/C19H20BrFN4O3/c1-11(26)24-16(9-12-5-2-3-7-14(12)21)19(28)25-15(18(22)27)10-13-6-4-8-23-17(13)20/h2-8,15-16H,9-10H2,1H3,(H2,22,27)(H,24,26)(H,25,28)/t15-,16-/m0/s1. The van der Waals surface area contributed by atoms with Gasteiger partial charge in [0.05, 0.1) is 0 Å². The smallest absolute Gasteiger partial charge is 0.243 e. The summed E-state index contributed by atoms with van der Waals surface area (Å²) in [5, 5.41) is 5.02. The number of amides is 3. The summed E-state index contributed by atoms with van der Waals surface area (Å²) in [6, 6.07) is 7.30. The molecule has 0 aliphatic heterocycles. The third-order valence-corrected chi connectivity index (χ3v) is 4.71. The van der Waals surface area contributed by atoms with Crippen LogP contribution < -0.4 is 16.4 Å². The number of hydrogen-bond donors (Lipinski definition) is 3. The Morgan fingerprint density at radius 2 is 1.71 bits per heavy atom. The lowest BCUT2D eigenvalue weighted by Gasteiger charge is -2.22. The molecule has 0 aliphatic rings. The molecule has 3 amide bonds. The first-order chi connectivity index (χ1) is 13.3. The van der Waals surface area contributed by atoms with Gasteiger partial charge in [0.2, 0.25) is 17.7 Å². The van der Waals surface area contributed by atoms with Crippen LogP contribution in [0.4, 0.5) is 4.39 Å². The quantitative estimate of drug-likeness (QED) is 0.524. The minimum Gasteiger partial charge on any atom is -0.368 e. The number of carbonyl (C=O) groups excluding carboxylic acids is 3. The van der Waals surface area contributed by atoms with Gasteiger partial charge < -0.3 is 16.4 Å². The number of nitrogens with two attached hydrogens (primary N) is 1. The Kier molecular flexibility index (Phi) is 7.62. The maximum Gasteiger partial charge on any atom is 0.243 e. The molecule has 0 saturated carbocycles. The molecule has 1 aromatic heterocycles. The van der Waals surface area contributed by atoms with E-state index in [1.807, 2.05) is 0 Å². The average molecular weight is 451 g/mol. The van der Waals surface area contributed by atoms with Gasteiger partial charge in [0.1, 0.15) is 22.5 Å². The molecule has 7 nitrogen and oxygen atoms in total. The number of benzene rings is 1. The summed E-state index contributed by atoms with van der Waals surface area (Å²) in [6.07, 6.45) is 1.62. The molecule has 28 heavy (non-hydrogen) atoms. The average Bonchev–Trinajstić information content (AvgIpc) is 2.63. The van der Waals surface area contributed by atoms with Crippen molar-refractivity contribution in [2.45, 2.75) is 31.8 Å². The molecule has 0 bridgehead atoms. The maximum absolute atomic E-state index is 13.9. The second-order valence-electron chi connectivity index (χ2n) is 6.17. The van der Waals surface area contributed by atoms with Crippen LogP contribution in [-0.2, 0) is 27.2 Å². The van der Waals surface area contributed by atoms with E-state index < -0.39 is 35.6 Å². The number of nitrogens with zero attached hydrogens (tertiary/aromatic N) is 1. The molecular formula is C19H20BrFN4O3. The van der Waals surface area contributed by atoms with Gasteiger partial charge in [0.25, 0.3) is 0 Å². The Hall–Kier alpha value is -2.81. The highest BCUT2D eigenvalue weighted by atomic mass is 79.9. The molecule has 0 saturated heterocycles. The molecule has 1 heterocycles. The van der Waals surface area contributed by atoms with E-state index in [-0.39, 0.29) is 18.4 Å². The van der Waals surface area contributed by atoms with Gasteiger partial charge in [-0.1, -0.05) is 24.3 Å². The van der Waals surface area contributed by atoms with E-state index in [4.69, 9.17) is 5.73 Å². The first-order valence-electron chi connectivity index (χ1n) is 8.47. The van der Waals surface area contributed by atoms with Crippen LogP contribution in [0.2, 0.25) is 0 Å². The molecule has 2 atom stereocenters. The summed E-state index contributed by atoms with van der Waals surface area (Å²) in [4.78, 5) is 40.1. The minimum atomic E-state index is -1.06. The number of pyridine rings is 1. The van der Waals surface area contributed by atoms with Gasteiger partial charge in [-0.05, 0) is 39.2 Å². The lowest BCUT2D eigenvalue weighted by molar-refractivity contribution is -0.130. The topological polar surface area (TPSA) is 114 Å². The van der Waals surface area contributed by atoms with E-state index in [1.54, 1.807) is 24.4 Å². The van der Waals surface area contributed by atoms with Gasteiger partial charge in [0.15, 0.2) is 0 Å². The number of aromatic nitrogens is 1. The summed E-state index contributed by atoms with van der Waals surface area (Å²) >= 11 is 3.28. The summed E-state index contributed by atoms with van der Waals surface area (Å²) in [5.41, 5.74) is 6.37. The van der Waals surface area contributed by atoms with Gasteiger partial charge >= 0.3 is 0 Å². The molecule has 2 rings (SSSR count). The van der Waals surface area contributed by atoms with Crippen LogP contribution in [0.3, 0.4) is 0 Å². The molecule has 2 aromatic rings. The summed E-state index contributed by atoms with van der Waals surface area (Å²) in [6.45, 7) is 1.25. The van der Waals surface area contributed by atoms with E-state index in [9.17, 15) is 18.8 Å². The second kappa shape index (κ2) is 9.93. The molecule has 0 radical (unpaired) electrons. The highest BCUT2D eigenvalue weighted by molar-refractivity contribution is 9.10. The fourth-order valence-electron chi connectivity index (χ4n) is 2.63. The van der Waals surface area contributed by atoms with Crippen molar-refractivity contribution in [1.82, 2.24) is 15.6 Å². The normalized spacial score (nSPS) is 12.7. The van der Waals surface area contributed by atoms with Crippen molar-refractivity contribution in [3.63, 3.8) is 0 Å². The second-order valence-corrected chi connectivity index (χ2v) is 6.92. The third kappa shape index (κ3) is 6.12. The molecule has 148 valence electrons. The molecule has 4 N–H and O–H groups in total. The zero-order valence-corrected chi connectivity index (χ0v) is 16.7. The van der Waals surface area contributed by atoms with Crippen LogP contribution in [0, 0.1) is 5.82 Å². The van der Waals surface area contributed by atoms with Gasteiger partial charge in [-0.25, -0.2) is 9.37 Å². The van der Waals surface area contributed by atoms with E-state index in [2.05, 4.69) is 31.5 Å². The largest absolute Gasteiger partial charge is 0.368 e. The molecule has 9 heteroatoms. The number of rotatable bonds is 8. The fraction of sp³-hybridized carbons (Fsp3) is 0.263. The molecule has 0 spiro atoms. The van der Waals surface area contributed by atoms with Crippen LogP contribution in [0.5, 0.6) is 0 Å². The molecule has 0 fully saturated rings. The Morgan fingerprint density at radius 3 is 2.32 bits per heavy atom. The Labute approximate surface area is 170 Å². The van der Waals surface area contributed by atoms with E-state index >= 15 is 0 Å². The number of primary amides is 1. The highest BCUT2D eigenvalue weighted by Crippen LogP contribution is 2.15. The lowest BCUT2D eigenvalue weighted by atomic mass is 10.0. The fourth-order valence-corrected chi connectivity index (χ4v) is 3.04. The summed E-state index contributed by atoms with van der Waals surface area (Å²) in [5.74, 6) is -2.32. The van der Waals surface area contributed by atoms with E-state index in [1.165, 1.54) is 25.1 Å². The summed E-state index contributed by atoms with van der Waals surface area (Å²) in [7, 11) is 0. The number of hydrogen-bond acceptors (Lipinski definition) is 4. The first kappa shape index (κ1) is 21.5. The lowest BCUT2D eigenvalue weighted by Crippen LogP contribution is -2.54. The van der Waals surface area contributed by atoms with Crippen LogP contribution in [0.25, 0.3) is 0 Å². The maximum atomic E-state index is 13.9. The van der Waals surface area contributed by atoms with Crippen LogP contribution >= 0.6 is 15.9 Å². The SMILES string of the molecule is CC(=O)N[C@@H](Cc1ccccc1F)C(=O)N[C@@H](Cc1cccnc1Br)C(N)=O. The monoisotopic (exact) mass is 450 g/mol. The van der Waals surface area contributed by atoms with Crippen molar-refractivity contribution in [3.05, 3.63) is 64.1 Å². The zero-order chi connectivity index (χ0) is 20.7. The van der Waals surface area contributed by atoms with Crippen molar-refractivity contribution in [3.8, 4) is 0 Å². The van der Waals surface area contributed by atoms with Gasteiger partial charge in [-0.2, -0.15) is 0 Å². The molecule has 1 aromatic carbocycles. The minimum absolute atomic E-state index is 0.0693. The van der Waals surface area contributed by atoms with Crippen molar-refractivity contribution in [2.24, 2.45) is 5.73 Å². The van der Waals surface area contributed by atoms with Crippen LogP contribution in [0.15, 0.2) is 47.2 Å². The van der Waals surface area contributed by atoms with E-state index in [0.717, 1.165) is 0 Å². The van der Waals surface area contributed by atoms with Crippen molar-refractivity contribution < 1.29 is 18.8 Å². The predicted octanol–water partition coefficient (Wildman–Crippen LogP) is 1.24. The first-order valence-corrected chi connectivity index (χ1v) is 9.26. The molecular weight excluding hydrogens is 431 g/mol. The Morgan fingerprint density at radius 1 is 1.07 bits per heavy atom. The zero-order valence-electron chi connectivity index (χ0n) is 15.1. The number of nitrogens with one attached hydrogen (secondary N) is 2. The van der Waals surface area contributed by atoms with Crippen molar-refractivity contribution in [2.75, 3.05) is 0 Å². The van der Waals surface area contributed by atoms with Crippen LogP contribution in [-0.4, -0.2) is 34.8 Å². The third-order valence-electron chi connectivity index (χ3n) is 4.00. The Balaban J connectivity index is 2.17. The molecule has 0 unspecified atom stereocenters. The van der Waals surface area contributed by atoms with Gasteiger partial charge in [-0.15, -0.1) is 0 Å². The number of halogens is 2. The summed E-state index contributed by atoms with van der Waals surface area (Å²) < 4.78 is 14.5. The van der Waals surface area contributed by atoms with Gasteiger partial charge in [-0.3, -0.25) is 14.4 Å². The van der Waals surface area contributed by atoms with Crippen LogP contribution in [0.1, 0.15) is 18.1 Å². The van der Waals surface area contributed by atoms with Crippen molar-refractivity contribution in [1.29, 1.82) is 0 Å². The highest BCUT2D eigenvalue weighted by Gasteiger charge is 2.26. The molecule has 0 aliphatic carbocycles. The number of carbonyl (C=O) groups is 3. The predicted molar refractivity (Wildman–Crippen MR) is 104 cm³/mol. The Bertz CT molecular complexity index is 878. The van der Waals surface area contributed by atoms with Crippen molar-refractivity contribution >= 4 is 33.7 Å². The van der Waals surface area contributed by atoms with Gasteiger partial charge in [0, 0.05) is 26.0 Å².